The molecule has 18 heteroatoms. The van der Waals surface area contributed by atoms with Crippen LogP contribution in [0.1, 0.15) is 278 Å². The molecule has 4 N–H and O–H groups in total. The van der Waals surface area contributed by atoms with Gasteiger partial charge in [-0.2, -0.15) is 0 Å². The molecule has 0 aliphatic rings. The lowest BCUT2D eigenvalue weighted by atomic mass is 10.0. The van der Waals surface area contributed by atoms with Gasteiger partial charge in [0.2, 0.25) is 0 Å². The minimum absolute atomic E-state index is 0.0977. The highest BCUT2D eigenvalue weighted by molar-refractivity contribution is 7.47. The molecule has 0 aliphatic heterocycles. The van der Waals surface area contributed by atoms with E-state index in [-0.39, 0.29) is 19.3 Å². The summed E-state index contributed by atoms with van der Waals surface area (Å²) in [6.45, 7) is 2.40. The van der Waals surface area contributed by atoms with Crippen LogP contribution in [0.2, 0.25) is 0 Å². The van der Waals surface area contributed by atoms with Gasteiger partial charge in [-0.3, -0.25) is 32.5 Å². The smallest absolute Gasteiger partial charge is 0.463 e. The van der Waals surface area contributed by atoms with E-state index in [0.717, 1.165) is 154 Å². The number of rotatable bonds is 67. The van der Waals surface area contributed by atoms with Crippen LogP contribution in [0.3, 0.4) is 0 Å². The lowest BCUT2D eigenvalue weighted by Crippen LogP contribution is -2.30. The molecule has 0 bridgehead atoms. The number of aliphatic hydroxyl groups excluding tert-OH is 2. The summed E-state index contributed by atoms with van der Waals surface area (Å²) in [5.74, 6) is -1.62. The summed E-state index contributed by atoms with van der Waals surface area (Å²) < 4.78 is 61.0. The lowest BCUT2D eigenvalue weighted by Gasteiger charge is -2.21. The summed E-state index contributed by atoms with van der Waals surface area (Å²) >= 11 is 0. The van der Waals surface area contributed by atoms with E-state index in [9.17, 15) is 43.5 Å². The highest BCUT2D eigenvalue weighted by Gasteiger charge is 2.29. The zero-order valence-electron chi connectivity index (χ0n) is 57.9. The molecule has 5 atom stereocenters. The molecule has 93 heavy (non-hydrogen) atoms. The van der Waals surface area contributed by atoms with Gasteiger partial charge in [0.1, 0.15) is 25.4 Å². The first-order valence-corrected chi connectivity index (χ1v) is 38.8. The second-order valence-corrected chi connectivity index (χ2v) is 26.5. The fraction of sp³-hybridized carbons (Fsp3) is 0.693. The van der Waals surface area contributed by atoms with Crippen LogP contribution < -0.4 is 0 Å². The molecule has 0 amide bonds. The lowest BCUT2D eigenvalue weighted by molar-refractivity contribution is -0.161. The summed E-state index contributed by atoms with van der Waals surface area (Å²) in [4.78, 5) is 58.5. The van der Waals surface area contributed by atoms with Crippen molar-refractivity contribution in [2.24, 2.45) is 0 Å². The zero-order valence-corrected chi connectivity index (χ0v) is 59.7. The van der Waals surface area contributed by atoms with Crippen molar-refractivity contribution in [3.8, 4) is 0 Å². The summed E-state index contributed by atoms with van der Waals surface area (Å²) in [5, 5.41) is 20.6. The van der Waals surface area contributed by atoms with Crippen LogP contribution in [0.4, 0.5) is 0 Å². The Balaban J connectivity index is 4.66. The van der Waals surface area contributed by atoms with Gasteiger partial charge in [-0.15, -0.1) is 0 Å². The Morgan fingerprint density at radius 3 is 0.914 bits per heavy atom. The Bertz CT molecular complexity index is 2180. The van der Waals surface area contributed by atoms with E-state index in [1.54, 1.807) is 0 Å². The molecule has 0 fully saturated rings. The number of allylic oxidation sites excluding steroid dienone is 20. The van der Waals surface area contributed by atoms with Gasteiger partial charge in [0.25, 0.3) is 0 Å². The van der Waals surface area contributed by atoms with E-state index in [0.29, 0.717) is 19.3 Å². The molecule has 0 aromatic carbocycles. The third kappa shape index (κ3) is 69.1. The van der Waals surface area contributed by atoms with Crippen LogP contribution in [0.15, 0.2) is 122 Å². The fourth-order valence-corrected chi connectivity index (χ4v) is 10.9. The van der Waals surface area contributed by atoms with E-state index in [2.05, 4.69) is 142 Å². The highest BCUT2D eigenvalue weighted by Crippen LogP contribution is 2.45. The Morgan fingerprint density at radius 1 is 0.312 bits per heavy atom. The molecule has 0 radical (unpaired) electrons. The monoisotopic (exact) mass is 1350 g/mol. The van der Waals surface area contributed by atoms with Gasteiger partial charge in [0.15, 0.2) is 6.10 Å². The predicted octanol–water partition coefficient (Wildman–Crippen LogP) is 20.2. The van der Waals surface area contributed by atoms with Crippen LogP contribution in [0, 0.1) is 0 Å². The topological polar surface area (TPSA) is 231 Å². The van der Waals surface area contributed by atoms with Gasteiger partial charge >= 0.3 is 33.6 Å². The van der Waals surface area contributed by atoms with Gasteiger partial charge in [0, 0.05) is 19.3 Å². The largest absolute Gasteiger partial charge is 0.472 e. The standard InChI is InChI=1S/C75H128O16P2/c1-4-7-10-13-16-19-22-25-28-30-32-33-34-35-37-39-41-43-46-49-52-55-58-61-73(78)85-64-70(76)65-87-92(81,82)88-66-71(77)67-89-93(83,84)90-69-72(91-75(80)63-60-57-54-51-48-45-40-27-24-21-18-15-12-9-6-3)68-86-74(79)62-59-56-53-50-47-44-42-38-36-31-29-26-23-20-17-14-11-8-5-2/h7-8,10-11,16-17,19-20,25-26,28-29,32-33,35-38,44,47,70-72,76-77H,4-6,9,12-15,18,21-24,27,30-31,34,39-43,45-46,48-69H2,1-3H3,(H,81,82)(H,83,84)/b10-7-,11-8-,19-16-,20-17-,28-25-,29-26-,33-32-,37-35-,38-36-,47-44-. The van der Waals surface area contributed by atoms with Crippen LogP contribution in [-0.4, -0.2) is 95.9 Å². The van der Waals surface area contributed by atoms with Crippen molar-refractivity contribution in [1.29, 1.82) is 0 Å². The van der Waals surface area contributed by atoms with E-state index in [1.807, 2.05) is 0 Å². The number of ether oxygens (including phenoxy) is 3. The van der Waals surface area contributed by atoms with Gasteiger partial charge in [-0.1, -0.05) is 271 Å². The first-order valence-electron chi connectivity index (χ1n) is 35.8. The molecule has 0 aromatic heterocycles. The van der Waals surface area contributed by atoms with E-state index >= 15 is 0 Å². The molecular formula is C75H128O16P2. The van der Waals surface area contributed by atoms with Crippen molar-refractivity contribution in [2.45, 2.75) is 296 Å². The number of esters is 3. The SMILES string of the molecule is CC/C=C\C/C=C\C/C=C\C/C=C\C/C=C\CCCCCCCCCC(=O)OCC(O)COP(=O)(O)OCC(O)COP(=O)(O)OCC(COC(=O)CCCCC/C=C\C/C=C\C/C=C\C/C=C\C/C=C\CC)OC(=O)CCCCCCCCCCCCCCCCC. The molecule has 0 saturated heterocycles. The first-order chi connectivity index (χ1) is 45.2. The van der Waals surface area contributed by atoms with Crippen molar-refractivity contribution >= 4 is 33.6 Å². The molecule has 0 saturated carbocycles. The Kier molecular flexibility index (Phi) is 65.0. The van der Waals surface area contributed by atoms with Crippen molar-refractivity contribution in [1.82, 2.24) is 0 Å². The molecule has 16 nitrogen and oxygen atoms in total. The third-order valence-electron chi connectivity index (χ3n) is 14.7. The number of phosphoric ester groups is 2. The summed E-state index contributed by atoms with van der Waals surface area (Å²) in [7, 11) is -9.79. The predicted molar refractivity (Wildman–Crippen MR) is 380 cm³/mol. The number of phosphoric acid groups is 2. The quantitative estimate of drug-likeness (QED) is 0.0146. The van der Waals surface area contributed by atoms with Gasteiger partial charge in [0.05, 0.1) is 26.4 Å². The minimum Gasteiger partial charge on any atom is -0.463 e. The van der Waals surface area contributed by atoms with Crippen molar-refractivity contribution in [3.63, 3.8) is 0 Å². The number of hydrogen-bond donors (Lipinski definition) is 4. The minimum atomic E-state index is -4.93. The number of carbonyl (C=O) groups is 3. The van der Waals surface area contributed by atoms with Crippen molar-refractivity contribution in [3.05, 3.63) is 122 Å². The second-order valence-electron chi connectivity index (χ2n) is 23.6. The van der Waals surface area contributed by atoms with Crippen LogP contribution in [0.5, 0.6) is 0 Å². The fourth-order valence-electron chi connectivity index (χ4n) is 9.27. The number of aliphatic hydroxyl groups is 2. The molecule has 0 heterocycles. The van der Waals surface area contributed by atoms with Crippen LogP contribution in [0.25, 0.3) is 0 Å². The molecule has 0 rings (SSSR count). The van der Waals surface area contributed by atoms with E-state index in [4.69, 9.17) is 32.3 Å². The number of hydrogen-bond acceptors (Lipinski definition) is 14. The normalized spacial score (nSPS) is 14.9. The Morgan fingerprint density at radius 2 is 0.570 bits per heavy atom. The molecule has 0 spiro atoms. The van der Waals surface area contributed by atoms with E-state index in [1.165, 1.54) is 64.2 Å². The van der Waals surface area contributed by atoms with Gasteiger partial charge in [-0.05, 0) is 109 Å². The maximum atomic E-state index is 12.9. The molecule has 534 valence electrons. The van der Waals surface area contributed by atoms with E-state index < -0.39 is 91.5 Å². The van der Waals surface area contributed by atoms with Crippen molar-refractivity contribution < 1.29 is 75.8 Å². The molecular weight excluding hydrogens is 1220 g/mol. The average molecular weight is 1350 g/mol. The molecule has 0 aliphatic carbocycles. The maximum Gasteiger partial charge on any atom is 0.472 e. The van der Waals surface area contributed by atoms with Crippen molar-refractivity contribution in [2.75, 3.05) is 39.6 Å². The van der Waals surface area contributed by atoms with Crippen LogP contribution in [-0.2, 0) is 55.8 Å². The molecule has 0 aromatic rings. The average Bonchev–Trinajstić information content (AvgIpc) is 3.74. The third-order valence-corrected chi connectivity index (χ3v) is 16.6. The molecule has 5 unspecified atom stereocenters. The Labute approximate surface area is 563 Å². The Hall–Kier alpha value is -4.05. The maximum absolute atomic E-state index is 12.9. The van der Waals surface area contributed by atoms with Crippen LogP contribution >= 0.6 is 15.6 Å². The summed E-state index contributed by atoms with van der Waals surface area (Å²) in [5.41, 5.74) is 0. The first kappa shape index (κ1) is 89.0. The second kappa shape index (κ2) is 67.9. The zero-order chi connectivity index (χ0) is 68.1. The summed E-state index contributed by atoms with van der Waals surface area (Å²) in [6, 6.07) is 0. The van der Waals surface area contributed by atoms with Gasteiger partial charge < -0.3 is 34.2 Å². The number of carbonyl (C=O) groups excluding carboxylic acids is 3. The highest BCUT2D eigenvalue weighted by atomic mass is 31.2. The number of unbranched alkanes of at least 4 members (excludes halogenated alkanes) is 24. The summed E-state index contributed by atoms with van der Waals surface area (Å²) in [6.07, 6.45) is 78.1. The van der Waals surface area contributed by atoms with Gasteiger partial charge in [-0.25, -0.2) is 9.13 Å².